The zero-order valence-corrected chi connectivity index (χ0v) is 14.2. The number of likely N-dealkylation sites (tertiary alicyclic amines) is 1. The number of hydrogen-bond acceptors (Lipinski definition) is 6. The molecule has 0 aromatic carbocycles. The molecule has 3 rings (SSSR count). The van der Waals surface area contributed by atoms with Gasteiger partial charge in [-0.05, 0) is 29.7 Å². The molecule has 9 nitrogen and oxygen atoms in total. The predicted octanol–water partition coefficient (Wildman–Crippen LogP) is 0.211. The van der Waals surface area contributed by atoms with Crippen LogP contribution in [0.3, 0.4) is 0 Å². The van der Waals surface area contributed by atoms with Crippen molar-refractivity contribution < 1.29 is 4.79 Å². The Bertz CT molecular complexity index is 671. The van der Waals surface area contributed by atoms with Crippen molar-refractivity contribution in [1.82, 2.24) is 40.2 Å². The number of amides is 1. The Morgan fingerprint density at radius 2 is 2.17 bits per heavy atom. The van der Waals surface area contributed by atoms with E-state index in [1.54, 1.807) is 24.1 Å². The van der Waals surface area contributed by atoms with E-state index in [-0.39, 0.29) is 11.9 Å². The standard InChI is InChI=1S/C15H24N8O/c1-3-6-23-14(18-19-20-23)11-22-7-4-13(5-8-22)17-15(24)12-9-16-21(2)10-12/h9-10,13H,3-8,11H2,1-2H3,(H,17,24). The first-order valence-corrected chi connectivity index (χ1v) is 8.42. The van der Waals surface area contributed by atoms with Crippen LogP contribution in [0.4, 0.5) is 0 Å². The van der Waals surface area contributed by atoms with Gasteiger partial charge in [0.2, 0.25) is 0 Å². The van der Waals surface area contributed by atoms with Crippen molar-refractivity contribution in [3.05, 3.63) is 23.8 Å². The lowest BCUT2D eigenvalue weighted by Gasteiger charge is -2.31. The monoisotopic (exact) mass is 332 g/mol. The van der Waals surface area contributed by atoms with Gasteiger partial charge in [-0.1, -0.05) is 6.92 Å². The topological polar surface area (TPSA) is 93.8 Å². The highest BCUT2D eigenvalue weighted by atomic mass is 16.1. The highest BCUT2D eigenvalue weighted by molar-refractivity contribution is 5.93. The smallest absolute Gasteiger partial charge is 0.254 e. The fraction of sp³-hybridized carbons (Fsp3) is 0.667. The van der Waals surface area contributed by atoms with Crippen molar-refractivity contribution in [2.75, 3.05) is 13.1 Å². The van der Waals surface area contributed by atoms with Gasteiger partial charge in [0.05, 0.1) is 18.3 Å². The summed E-state index contributed by atoms with van der Waals surface area (Å²) in [4.78, 5) is 14.5. The molecule has 0 saturated carbocycles. The molecular weight excluding hydrogens is 308 g/mol. The minimum Gasteiger partial charge on any atom is -0.349 e. The average Bonchev–Trinajstić information content (AvgIpc) is 3.19. The van der Waals surface area contributed by atoms with Crippen molar-refractivity contribution in [3.63, 3.8) is 0 Å². The summed E-state index contributed by atoms with van der Waals surface area (Å²) in [5.74, 6) is 0.864. The van der Waals surface area contributed by atoms with Crippen LogP contribution in [0.2, 0.25) is 0 Å². The third kappa shape index (κ3) is 3.97. The molecule has 0 spiro atoms. The van der Waals surface area contributed by atoms with Gasteiger partial charge in [-0.3, -0.25) is 14.4 Å². The molecule has 9 heteroatoms. The van der Waals surface area contributed by atoms with Crippen LogP contribution in [0, 0.1) is 0 Å². The Morgan fingerprint density at radius 1 is 1.38 bits per heavy atom. The van der Waals surface area contributed by atoms with Crippen LogP contribution in [-0.4, -0.2) is 59.9 Å². The maximum absolute atomic E-state index is 12.2. The lowest BCUT2D eigenvalue weighted by atomic mass is 10.0. The van der Waals surface area contributed by atoms with E-state index in [2.05, 4.69) is 37.8 Å². The highest BCUT2D eigenvalue weighted by Gasteiger charge is 2.23. The van der Waals surface area contributed by atoms with Gasteiger partial charge in [-0.2, -0.15) is 5.10 Å². The minimum atomic E-state index is -0.0477. The van der Waals surface area contributed by atoms with Crippen LogP contribution in [0.1, 0.15) is 42.4 Å². The van der Waals surface area contributed by atoms with Gasteiger partial charge < -0.3 is 5.32 Å². The van der Waals surface area contributed by atoms with Gasteiger partial charge >= 0.3 is 0 Å². The molecule has 0 radical (unpaired) electrons. The van der Waals surface area contributed by atoms with Crippen LogP contribution in [-0.2, 0) is 20.1 Å². The number of rotatable bonds is 6. The second-order valence-electron chi connectivity index (χ2n) is 6.24. The molecule has 1 aliphatic heterocycles. The normalized spacial score (nSPS) is 16.4. The first kappa shape index (κ1) is 16.6. The molecule has 24 heavy (non-hydrogen) atoms. The van der Waals surface area contributed by atoms with E-state index in [0.717, 1.165) is 51.3 Å². The molecule has 0 unspecified atom stereocenters. The third-order valence-corrected chi connectivity index (χ3v) is 4.30. The predicted molar refractivity (Wildman–Crippen MR) is 87.1 cm³/mol. The SMILES string of the molecule is CCCn1nnnc1CN1CCC(NC(=O)c2cnn(C)c2)CC1. The number of aryl methyl sites for hydroxylation is 2. The fourth-order valence-electron chi connectivity index (χ4n) is 2.96. The van der Waals surface area contributed by atoms with Crippen molar-refractivity contribution in [1.29, 1.82) is 0 Å². The van der Waals surface area contributed by atoms with Crippen molar-refractivity contribution in [2.45, 2.75) is 45.3 Å². The van der Waals surface area contributed by atoms with Crippen LogP contribution >= 0.6 is 0 Å². The average molecular weight is 332 g/mol. The van der Waals surface area contributed by atoms with Gasteiger partial charge in [-0.25, -0.2) is 4.68 Å². The maximum Gasteiger partial charge on any atom is 0.254 e. The number of hydrogen-bond donors (Lipinski definition) is 1. The number of aromatic nitrogens is 6. The molecule has 1 aliphatic rings. The van der Waals surface area contributed by atoms with Crippen molar-refractivity contribution in [3.8, 4) is 0 Å². The Balaban J connectivity index is 1.47. The van der Waals surface area contributed by atoms with Gasteiger partial charge in [0, 0.05) is 38.9 Å². The highest BCUT2D eigenvalue weighted by Crippen LogP contribution is 2.13. The number of piperidine rings is 1. The Kier molecular flexibility index (Phi) is 5.19. The van der Waals surface area contributed by atoms with E-state index in [9.17, 15) is 4.79 Å². The van der Waals surface area contributed by atoms with Crippen LogP contribution in [0.5, 0.6) is 0 Å². The van der Waals surface area contributed by atoms with Gasteiger partial charge in [0.15, 0.2) is 5.82 Å². The Labute approximate surface area is 141 Å². The maximum atomic E-state index is 12.2. The Morgan fingerprint density at radius 3 is 2.83 bits per heavy atom. The van der Waals surface area contributed by atoms with Crippen molar-refractivity contribution >= 4 is 5.91 Å². The molecule has 2 aromatic rings. The number of carbonyl (C=O) groups is 1. The van der Waals surface area contributed by atoms with E-state index in [1.807, 2.05) is 4.68 Å². The van der Waals surface area contributed by atoms with E-state index >= 15 is 0 Å². The second-order valence-corrected chi connectivity index (χ2v) is 6.24. The summed E-state index contributed by atoms with van der Waals surface area (Å²) in [5, 5.41) is 19.0. The summed E-state index contributed by atoms with van der Waals surface area (Å²) in [6, 6.07) is 0.209. The van der Waals surface area contributed by atoms with Crippen LogP contribution in [0.25, 0.3) is 0 Å². The summed E-state index contributed by atoms with van der Waals surface area (Å²) in [5.41, 5.74) is 0.610. The van der Waals surface area contributed by atoms with E-state index < -0.39 is 0 Å². The van der Waals surface area contributed by atoms with E-state index in [0.29, 0.717) is 5.56 Å². The molecule has 3 heterocycles. The quantitative estimate of drug-likeness (QED) is 0.813. The molecule has 1 amide bonds. The van der Waals surface area contributed by atoms with E-state index in [4.69, 9.17) is 0 Å². The molecule has 130 valence electrons. The molecule has 2 aromatic heterocycles. The third-order valence-electron chi connectivity index (χ3n) is 4.30. The fourth-order valence-corrected chi connectivity index (χ4v) is 2.96. The number of tetrazole rings is 1. The molecule has 0 atom stereocenters. The van der Waals surface area contributed by atoms with Gasteiger partial charge in [0.25, 0.3) is 5.91 Å². The zero-order chi connectivity index (χ0) is 16.9. The minimum absolute atomic E-state index is 0.0477. The lowest BCUT2D eigenvalue weighted by Crippen LogP contribution is -2.44. The number of carbonyl (C=O) groups excluding carboxylic acids is 1. The molecule has 1 N–H and O–H groups in total. The summed E-state index contributed by atoms with van der Waals surface area (Å²) in [6.45, 7) is 5.58. The zero-order valence-electron chi connectivity index (χ0n) is 14.2. The Hall–Kier alpha value is -2.29. The van der Waals surface area contributed by atoms with Gasteiger partial charge in [-0.15, -0.1) is 5.10 Å². The summed E-state index contributed by atoms with van der Waals surface area (Å²) in [6.07, 6.45) is 6.21. The summed E-state index contributed by atoms with van der Waals surface area (Å²) < 4.78 is 3.51. The summed E-state index contributed by atoms with van der Waals surface area (Å²) in [7, 11) is 1.81. The number of nitrogens with zero attached hydrogens (tertiary/aromatic N) is 7. The molecular formula is C15H24N8O. The number of nitrogens with one attached hydrogen (secondary N) is 1. The molecule has 1 saturated heterocycles. The molecule has 1 fully saturated rings. The van der Waals surface area contributed by atoms with Crippen LogP contribution < -0.4 is 5.32 Å². The molecule has 0 aliphatic carbocycles. The second kappa shape index (κ2) is 7.52. The lowest BCUT2D eigenvalue weighted by molar-refractivity contribution is 0.0907. The van der Waals surface area contributed by atoms with Crippen LogP contribution in [0.15, 0.2) is 12.4 Å². The first-order chi connectivity index (χ1) is 11.7. The van der Waals surface area contributed by atoms with Gasteiger partial charge in [0.1, 0.15) is 0 Å². The largest absolute Gasteiger partial charge is 0.349 e. The summed E-state index contributed by atoms with van der Waals surface area (Å²) >= 11 is 0. The van der Waals surface area contributed by atoms with E-state index in [1.165, 1.54) is 0 Å². The first-order valence-electron chi connectivity index (χ1n) is 8.42. The molecule has 0 bridgehead atoms. The van der Waals surface area contributed by atoms with Crippen molar-refractivity contribution in [2.24, 2.45) is 7.05 Å².